The summed E-state index contributed by atoms with van der Waals surface area (Å²) in [4.78, 5) is 25.5. The molecule has 0 heterocycles. The summed E-state index contributed by atoms with van der Waals surface area (Å²) in [6, 6.07) is 2.70. The number of benzene rings is 2. The molecule has 2 aromatic rings. The zero-order valence-corrected chi connectivity index (χ0v) is 25.5. The highest BCUT2D eigenvalue weighted by Gasteiger charge is 2.29. The normalized spacial score (nSPS) is 10.8. The number of carbonyl (C=O) groups excluding carboxylic acids is 2. The van der Waals surface area contributed by atoms with E-state index in [9.17, 15) is 9.59 Å². The van der Waals surface area contributed by atoms with Gasteiger partial charge in [0.05, 0.1) is 33.3 Å². The second-order valence-corrected chi connectivity index (χ2v) is 10.6. The maximum atomic E-state index is 12.7. The van der Waals surface area contributed by atoms with Crippen LogP contribution in [0.5, 0.6) is 23.0 Å². The van der Waals surface area contributed by atoms with Crippen LogP contribution in [0.15, 0.2) is 12.1 Å². The van der Waals surface area contributed by atoms with Crippen molar-refractivity contribution in [3.8, 4) is 23.0 Å². The molecule has 0 amide bonds. The average Bonchev–Trinajstić information content (AvgIpc) is 2.87. The number of ether oxygens (including phenoxy) is 4. The minimum atomic E-state index is -1.44. The fourth-order valence-electron chi connectivity index (χ4n) is 3.24. The Bertz CT molecular complexity index is 1040. The fraction of sp³-hybridized carbons (Fsp3) is 0.462. The van der Waals surface area contributed by atoms with Crippen molar-refractivity contribution in [1.29, 1.82) is 0 Å². The number of carbonyl (C=O) groups is 2. The molecule has 0 saturated heterocycles. The van der Waals surface area contributed by atoms with Crippen molar-refractivity contribution < 1.29 is 28.5 Å². The van der Waals surface area contributed by atoms with E-state index in [1.54, 1.807) is 0 Å². The molecule has 0 aromatic heterocycles. The van der Waals surface area contributed by atoms with Gasteiger partial charge in [0, 0.05) is 0 Å². The Hall–Kier alpha value is -1.28. The van der Waals surface area contributed by atoms with Crippen LogP contribution in [0.2, 0.25) is 30.1 Å². The zero-order valence-electron chi connectivity index (χ0n) is 20.9. The van der Waals surface area contributed by atoms with Crippen molar-refractivity contribution in [2.75, 3.05) is 13.2 Å². The van der Waals surface area contributed by atoms with Gasteiger partial charge in [-0.05, 0) is 25.0 Å². The van der Waals surface area contributed by atoms with E-state index in [0.29, 0.717) is 0 Å². The lowest BCUT2D eigenvalue weighted by Gasteiger charge is -2.17. The first-order valence-corrected chi connectivity index (χ1v) is 14.4. The fourth-order valence-corrected chi connectivity index (χ4v) is 4.60. The summed E-state index contributed by atoms with van der Waals surface area (Å²) in [5.41, 5.74) is 0. The Morgan fingerprint density at radius 3 is 1.26 bits per heavy atom. The molecule has 12 heteroatoms. The van der Waals surface area contributed by atoms with Gasteiger partial charge in [-0.1, -0.05) is 122 Å². The van der Waals surface area contributed by atoms with E-state index in [1.807, 2.05) is 0 Å². The second kappa shape index (κ2) is 16.7. The van der Waals surface area contributed by atoms with Gasteiger partial charge in [0.25, 0.3) is 0 Å². The molecule has 0 radical (unpaired) electrons. The molecular weight excluding hydrogens is 621 g/mol. The monoisotopic (exact) mass is 646 g/mol. The summed E-state index contributed by atoms with van der Waals surface area (Å²) < 4.78 is 21.9. The van der Waals surface area contributed by atoms with Gasteiger partial charge >= 0.3 is 11.9 Å². The average molecular weight is 649 g/mol. The lowest BCUT2D eigenvalue weighted by Crippen LogP contribution is -2.26. The number of hydrogen-bond donors (Lipinski definition) is 0. The Kier molecular flexibility index (Phi) is 14.5. The van der Waals surface area contributed by atoms with Crippen LogP contribution in [0, 0.1) is 0 Å². The molecule has 0 unspecified atom stereocenters. The van der Waals surface area contributed by atoms with Gasteiger partial charge in [-0.3, -0.25) is 0 Å². The second-order valence-electron chi connectivity index (χ2n) is 8.22. The summed E-state index contributed by atoms with van der Waals surface area (Å²) in [5.74, 6) is -3.57. The summed E-state index contributed by atoms with van der Waals surface area (Å²) >= 11 is 37.2. The maximum absolute atomic E-state index is 12.7. The highest BCUT2D eigenvalue weighted by atomic mass is 35.5. The number of halogens is 6. The largest absolute Gasteiger partial charge is 0.488 e. The Morgan fingerprint density at radius 1 is 0.553 bits per heavy atom. The number of hydrogen-bond acceptors (Lipinski definition) is 6. The molecule has 210 valence electrons. The van der Waals surface area contributed by atoms with Crippen molar-refractivity contribution >= 4 is 81.5 Å². The summed E-state index contributed by atoms with van der Waals surface area (Å²) in [6.07, 6.45) is 7.49. The molecule has 0 aliphatic heterocycles. The third kappa shape index (κ3) is 9.42. The lowest BCUT2D eigenvalue weighted by atomic mass is 10.2. The van der Waals surface area contributed by atoms with Gasteiger partial charge in [-0.2, -0.15) is 0 Å². The van der Waals surface area contributed by atoms with Crippen molar-refractivity contribution in [2.45, 2.75) is 65.2 Å². The number of esters is 2. The molecule has 0 fully saturated rings. The molecular formula is C26H28Cl6O6. The topological polar surface area (TPSA) is 71.1 Å². The predicted octanol–water partition coefficient (Wildman–Crippen LogP) is 10.0. The minimum absolute atomic E-state index is 0.00501. The summed E-state index contributed by atoms with van der Waals surface area (Å²) in [5, 5.41) is -0.241. The van der Waals surface area contributed by atoms with E-state index in [4.69, 9.17) is 88.6 Å². The molecule has 0 saturated carbocycles. The minimum Gasteiger partial charge on any atom is -0.488 e. The smallest absolute Gasteiger partial charge is 0.423 e. The van der Waals surface area contributed by atoms with Crippen molar-refractivity contribution in [3.05, 3.63) is 42.3 Å². The molecule has 0 bridgehead atoms. The lowest BCUT2D eigenvalue weighted by molar-refractivity contribution is -0.156. The van der Waals surface area contributed by atoms with Gasteiger partial charge in [0.15, 0.2) is 23.0 Å². The van der Waals surface area contributed by atoms with Crippen LogP contribution in [0.1, 0.15) is 65.2 Å². The predicted molar refractivity (Wildman–Crippen MR) is 153 cm³/mol. The van der Waals surface area contributed by atoms with E-state index in [1.165, 1.54) is 12.1 Å². The molecule has 0 aliphatic carbocycles. The van der Waals surface area contributed by atoms with E-state index in [2.05, 4.69) is 13.8 Å². The van der Waals surface area contributed by atoms with Gasteiger partial charge < -0.3 is 18.9 Å². The van der Waals surface area contributed by atoms with Gasteiger partial charge in [0.2, 0.25) is 0 Å². The molecule has 0 atom stereocenters. The Labute approximate surface area is 252 Å². The van der Waals surface area contributed by atoms with Crippen LogP contribution >= 0.6 is 69.6 Å². The molecule has 0 spiro atoms. The third-order valence-electron chi connectivity index (χ3n) is 5.22. The standard InChI is InChI=1S/C26H28Cl6O6/c1-3-5-7-9-11-35-21-17(29)13-15(27)19(31)23(21)37-25(33)26(34)38-24-20(32)16(28)14-18(30)22(24)36-12-10-8-6-4-2/h13-14H,3-12H2,1-2H3. The SMILES string of the molecule is CCCCCCOc1c(Cl)cc(Cl)c(Cl)c1OC(=O)C(=O)Oc1c(Cl)c(Cl)cc(Cl)c1OCCCCCC. The van der Waals surface area contributed by atoms with Crippen LogP contribution < -0.4 is 18.9 Å². The van der Waals surface area contributed by atoms with Crippen LogP contribution in [-0.4, -0.2) is 25.2 Å². The maximum Gasteiger partial charge on any atom is 0.423 e. The third-order valence-corrected chi connectivity index (χ3v) is 7.32. The Balaban J connectivity index is 2.23. The molecule has 6 nitrogen and oxygen atoms in total. The summed E-state index contributed by atoms with van der Waals surface area (Å²) in [7, 11) is 0. The van der Waals surface area contributed by atoms with E-state index < -0.39 is 11.9 Å². The first-order valence-electron chi connectivity index (χ1n) is 12.2. The number of unbranched alkanes of at least 4 members (excludes halogenated alkanes) is 6. The van der Waals surface area contributed by atoms with E-state index in [0.717, 1.165) is 51.4 Å². The van der Waals surface area contributed by atoms with Gasteiger partial charge in [-0.15, -0.1) is 0 Å². The molecule has 0 aliphatic rings. The van der Waals surface area contributed by atoms with Crippen molar-refractivity contribution in [1.82, 2.24) is 0 Å². The Morgan fingerprint density at radius 2 is 0.921 bits per heavy atom. The quantitative estimate of drug-likeness (QED) is 0.0667. The first-order chi connectivity index (χ1) is 18.1. The summed E-state index contributed by atoms with van der Waals surface area (Å²) in [6.45, 7) is 4.73. The highest BCUT2D eigenvalue weighted by Crippen LogP contribution is 2.47. The molecule has 2 aromatic carbocycles. The van der Waals surface area contributed by atoms with E-state index >= 15 is 0 Å². The number of rotatable bonds is 14. The highest BCUT2D eigenvalue weighted by molar-refractivity contribution is 6.46. The van der Waals surface area contributed by atoms with Crippen LogP contribution in [0.25, 0.3) is 0 Å². The van der Waals surface area contributed by atoms with Gasteiger partial charge in [-0.25, -0.2) is 9.59 Å². The molecule has 0 N–H and O–H groups in total. The van der Waals surface area contributed by atoms with Crippen LogP contribution in [-0.2, 0) is 9.59 Å². The molecule has 2 rings (SSSR count). The first kappa shape index (κ1) is 32.9. The van der Waals surface area contributed by atoms with Crippen molar-refractivity contribution in [2.24, 2.45) is 0 Å². The van der Waals surface area contributed by atoms with E-state index in [-0.39, 0.29) is 66.3 Å². The molecule has 38 heavy (non-hydrogen) atoms. The van der Waals surface area contributed by atoms with Crippen LogP contribution in [0.4, 0.5) is 0 Å². The van der Waals surface area contributed by atoms with Crippen LogP contribution in [0.3, 0.4) is 0 Å². The zero-order chi connectivity index (χ0) is 28.2. The van der Waals surface area contributed by atoms with Crippen molar-refractivity contribution in [3.63, 3.8) is 0 Å². The van der Waals surface area contributed by atoms with Gasteiger partial charge in [0.1, 0.15) is 10.0 Å².